The van der Waals surface area contributed by atoms with Crippen LogP contribution in [0.3, 0.4) is 0 Å². The number of likely N-dealkylation sites (N-methyl/N-ethyl adjacent to an activating group) is 1. The lowest BCUT2D eigenvalue weighted by atomic mass is 10.1. The number of likely N-dealkylation sites (tertiary alicyclic amines) is 1. The van der Waals surface area contributed by atoms with E-state index in [0.29, 0.717) is 12.5 Å². The Hall–Kier alpha value is -0.810. The topological polar surface area (TPSA) is 58.8 Å². The number of rotatable bonds is 5. The molecule has 0 aromatic heterocycles. The van der Waals surface area contributed by atoms with Crippen LogP contribution in [0.4, 0.5) is 4.79 Å². The monoisotopic (exact) mass is 271 g/mol. The minimum absolute atomic E-state index is 0.218. The number of carbonyl (C=O) groups is 1. The van der Waals surface area contributed by atoms with Crippen LogP contribution < -0.4 is 5.73 Å². The van der Waals surface area contributed by atoms with Gasteiger partial charge in [0.15, 0.2) is 0 Å². The first-order valence-corrected chi connectivity index (χ1v) is 7.26. The van der Waals surface area contributed by atoms with Crippen molar-refractivity contribution in [2.24, 2.45) is 11.7 Å². The molecule has 1 aliphatic heterocycles. The van der Waals surface area contributed by atoms with Gasteiger partial charge in [-0.2, -0.15) is 0 Å². The highest BCUT2D eigenvalue weighted by atomic mass is 16.6. The van der Waals surface area contributed by atoms with E-state index in [1.54, 1.807) is 4.90 Å². The minimum Gasteiger partial charge on any atom is -0.444 e. The van der Waals surface area contributed by atoms with Gasteiger partial charge in [-0.25, -0.2) is 4.79 Å². The van der Waals surface area contributed by atoms with Crippen LogP contribution in [0, 0.1) is 5.92 Å². The quantitative estimate of drug-likeness (QED) is 0.823. The third-order valence-corrected chi connectivity index (χ3v) is 3.42. The molecular weight excluding hydrogens is 242 g/mol. The fourth-order valence-electron chi connectivity index (χ4n) is 2.28. The molecule has 0 bridgehead atoms. The van der Waals surface area contributed by atoms with Crippen LogP contribution in [0.15, 0.2) is 0 Å². The third kappa shape index (κ3) is 5.78. The molecule has 1 fully saturated rings. The van der Waals surface area contributed by atoms with Gasteiger partial charge in [0.05, 0.1) is 0 Å². The van der Waals surface area contributed by atoms with Crippen molar-refractivity contribution in [2.45, 2.75) is 39.7 Å². The van der Waals surface area contributed by atoms with E-state index in [4.69, 9.17) is 10.5 Å². The van der Waals surface area contributed by atoms with Crippen molar-refractivity contribution in [1.29, 1.82) is 0 Å². The van der Waals surface area contributed by atoms with Gasteiger partial charge < -0.3 is 20.3 Å². The van der Waals surface area contributed by atoms with Gasteiger partial charge in [-0.1, -0.05) is 0 Å². The minimum atomic E-state index is -0.428. The molecule has 0 spiro atoms. The van der Waals surface area contributed by atoms with Gasteiger partial charge in [-0.15, -0.1) is 0 Å². The van der Waals surface area contributed by atoms with Crippen molar-refractivity contribution in [3.63, 3.8) is 0 Å². The average Bonchev–Trinajstić information content (AvgIpc) is 2.75. The molecule has 0 aliphatic carbocycles. The van der Waals surface area contributed by atoms with E-state index in [-0.39, 0.29) is 6.09 Å². The van der Waals surface area contributed by atoms with Crippen LogP contribution in [0.25, 0.3) is 0 Å². The van der Waals surface area contributed by atoms with Crippen molar-refractivity contribution in [2.75, 3.05) is 39.3 Å². The molecule has 0 aromatic carbocycles. The van der Waals surface area contributed by atoms with Crippen molar-refractivity contribution in [1.82, 2.24) is 9.80 Å². The standard InChI is InChI=1S/C14H29N3O2/c1-5-17(13(18)19-14(2,3)4)9-8-16-7-6-12(10-15)11-16/h12H,5-11,15H2,1-4H3. The summed E-state index contributed by atoms with van der Waals surface area (Å²) in [7, 11) is 0. The van der Waals surface area contributed by atoms with E-state index >= 15 is 0 Å². The Kier molecular flexibility index (Phi) is 6.07. The second kappa shape index (κ2) is 7.10. The Morgan fingerprint density at radius 3 is 2.63 bits per heavy atom. The number of hydrogen-bond donors (Lipinski definition) is 1. The second-order valence-corrected chi connectivity index (χ2v) is 6.25. The summed E-state index contributed by atoms with van der Waals surface area (Å²) in [5.74, 6) is 0.622. The fourth-order valence-corrected chi connectivity index (χ4v) is 2.28. The van der Waals surface area contributed by atoms with Crippen molar-refractivity contribution in [3.05, 3.63) is 0 Å². The smallest absolute Gasteiger partial charge is 0.410 e. The van der Waals surface area contributed by atoms with Crippen LogP contribution in [-0.4, -0.2) is 60.8 Å². The van der Waals surface area contributed by atoms with Gasteiger partial charge in [-0.05, 0) is 53.1 Å². The molecule has 1 saturated heterocycles. The van der Waals surface area contributed by atoms with Crippen LogP contribution in [0.1, 0.15) is 34.1 Å². The molecule has 0 saturated carbocycles. The van der Waals surface area contributed by atoms with Crippen LogP contribution in [0.2, 0.25) is 0 Å². The maximum absolute atomic E-state index is 12.0. The molecule has 1 aliphatic rings. The maximum Gasteiger partial charge on any atom is 0.410 e. The molecule has 19 heavy (non-hydrogen) atoms. The highest BCUT2D eigenvalue weighted by Crippen LogP contribution is 2.15. The number of amides is 1. The summed E-state index contributed by atoms with van der Waals surface area (Å²) in [5.41, 5.74) is 5.26. The van der Waals surface area contributed by atoms with Gasteiger partial charge in [-0.3, -0.25) is 0 Å². The van der Waals surface area contributed by atoms with Crippen molar-refractivity contribution in [3.8, 4) is 0 Å². The van der Waals surface area contributed by atoms with E-state index in [1.807, 2.05) is 27.7 Å². The number of nitrogens with two attached hydrogens (primary N) is 1. The van der Waals surface area contributed by atoms with Crippen LogP contribution in [0.5, 0.6) is 0 Å². The Labute approximate surface area is 117 Å². The molecule has 5 nitrogen and oxygen atoms in total. The SMILES string of the molecule is CCN(CCN1CCC(CN)C1)C(=O)OC(C)(C)C. The molecule has 0 radical (unpaired) electrons. The molecule has 1 amide bonds. The summed E-state index contributed by atoms with van der Waals surface area (Å²) in [6, 6.07) is 0. The molecule has 1 heterocycles. The van der Waals surface area contributed by atoms with Gasteiger partial charge in [0.25, 0.3) is 0 Å². The lowest BCUT2D eigenvalue weighted by Gasteiger charge is -2.28. The Morgan fingerprint density at radius 1 is 1.47 bits per heavy atom. The van der Waals surface area contributed by atoms with Gasteiger partial charge in [0, 0.05) is 26.2 Å². The number of nitrogens with zero attached hydrogens (tertiary/aromatic N) is 2. The first kappa shape index (κ1) is 16.2. The van der Waals surface area contributed by atoms with E-state index in [1.165, 1.54) is 6.42 Å². The summed E-state index contributed by atoms with van der Waals surface area (Å²) in [5, 5.41) is 0. The zero-order chi connectivity index (χ0) is 14.5. The lowest BCUT2D eigenvalue weighted by Crippen LogP contribution is -2.41. The highest BCUT2D eigenvalue weighted by Gasteiger charge is 2.24. The highest BCUT2D eigenvalue weighted by molar-refractivity contribution is 5.68. The Morgan fingerprint density at radius 2 is 2.16 bits per heavy atom. The average molecular weight is 271 g/mol. The van der Waals surface area contributed by atoms with Crippen LogP contribution in [-0.2, 0) is 4.74 Å². The largest absolute Gasteiger partial charge is 0.444 e. The summed E-state index contributed by atoms with van der Waals surface area (Å²) in [4.78, 5) is 16.1. The van der Waals surface area contributed by atoms with Gasteiger partial charge in [0.2, 0.25) is 0 Å². The van der Waals surface area contributed by atoms with Gasteiger partial charge in [0.1, 0.15) is 5.60 Å². The van der Waals surface area contributed by atoms with Crippen molar-refractivity contribution < 1.29 is 9.53 Å². The number of hydrogen-bond acceptors (Lipinski definition) is 4. The third-order valence-electron chi connectivity index (χ3n) is 3.42. The normalized spacial score (nSPS) is 20.6. The first-order valence-electron chi connectivity index (χ1n) is 7.26. The predicted octanol–water partition coefficient (Wildman–Crippen LogP) is 1.52. The molecule has 1 unspecified atom stereocenters. The predicted molar refractivity (Wildman–Crippen MR) is 77.1 cm³/mol. The van der Waals surface area contributed by atoms with Gasteiger partial charge >= 0.3 is 6.09 Å². The zero-order valence-corrected chi connectivity index (χ0v) is 12.8. The van der Waals surface area contributed by atoms with E-state index in [9.17, 15) is 4.79 Å². The molecule has 2 N–H and O–H groups in total. The molecule has 1 rings (SSSR count). The molecule has 0 aromatic rings. The summed E-state index contributed by atoms with van der Waals surface area (Å²) in [6.45, 7) is 12.9. The summed E-state index contributed by atoms with van der Waals surface area (Å²) < 4.78 is 5.40. The Balaban J connectivity index is 2.34. The number of ether oxygens (including phenoxy) is 1. The summed E-state index contributed by atoms with van der Waals surface area (Å²) >= 11 is 0. The second-order valence-electron chi connectivity index (χ2n) is 6.25. The zero-order valence-electron chi connectivity index (χ0n) is 12.8. The molecule has 1 atom stereocenters. The number of carbonyl (C=O) groups excluding carboxylic acids is 1. The molecule has 5 heteroatoms. The lowest BCUT2D eigenvalue weighted by molar-refractivity contribution is 0.0246. The van der Waals surface area contributed by atoms with E-state index < -0.39 is 5.60 Å². The van der Waals surface area contributed by atoms with Crippen LogP contribution >= 0.6 is 0 Å². The maximum atomic E-state index is 12.0. The Bertz CT molecular complexity index is 289. The molecular formula is C14H29N3O2. The molecule has 112 valence electrons. The van der Waals surface area contributed by atoms with E-state index in [0.717, 1.165) is 32.7 Å². The summed E-state index contributed by atoms with van der Waals surface area (Å²) in [6.07, 6.45) is 0.958. The van der Waals surface area contributed by atoms with E-state index in [2.05, 4.69) is 4.90 Å². The first-order chi connectivity index (χ1) is 8.85. The fraction of sp³-hybridized carbons (Fsp3) is 0.929. The van der Waals surface area contributed by atoms with Crippen molar-refractivity contribution >= 4 is 6.09 Å².